The first-order valence-corrected chi connectivity index (χ1v) is 11.1. The number of anilines is 1. The highest BCUT2D eigenvalue weighted by molar-refractivity contribution is 7.90. The molecule has 1 aromatic carbocycles. The molecular weight excluding hydrogens is 418 g/mol. The number of hydrogen-bond acceptors (Lipinski definition) is 7. The highest BCUT2D eigenvalue weighted by atomic mass is 32.2. The van der Waals surface area contributed by atoms with Gasteiger partial charge in [-0.3, -0.25) is 9.78 Å². The summed E-state index contributed by atoms with van der Waals surface area (Å²) in [7, 11) is -3.84. The van der Waals surface area contributed by atoms with Gasteiger partial charge in [0.25, 0.3) is 10.0 Å². The molecule has 0 bridgehead atoms. The quantitative estimate of drug-likeness (QED) is 0.495. The van der Waals surface area contributed by atoms with E-state index in [9.17, 15) is 13.2 Å². The van der Waals surface area contributed by atoms with Gasteiger partial charge < -0.3 is 20.0 Å². The monoisotopic (exact) mass is 439 g/mol. The van der Waals surface area contributed by atoms with E-state index < -0.39 is 10.0 Å². The maximum absolute atomic E-state index is 13.5. The van der Waals surface area contributed by atoms with Crippen LogP contribution in [0.25, 0.3) is 21.9 Å². The molecule has 4 heterocycles. The van der Waals surface area contributed by atoms with E-state index in [0.717, 1.165) is 31.9 Å². The number of carbonyl (C=O) groups excluding carboxylic acids is 1. The fourth-order valence-corrected chi connectivity index (χ4v) is 5.14. The summed E-state index contributed by atoms with van der Waals surface area (Å²) in [5.74, 6) is 0. The predicted octanol–water partition coefficient (Wildman–Crippen LogP) is 1.34. The van der Waals surface area contributed by atoms with Gasteiger partial charge in [0.2, 0.25) is 5.56 Å². The fourth-order valence-electron chi connectivity index (χ4n) is 3.76. The van der Waals surface area contributed by atoms with Crippen LogP contribution in [0.15, 0.2) is 64.5 Å². The van der Waals surface area contributed by atoms with E-state index in [-0.39, 0.29) is 10.5 Å². The fraction of sp³-hybridized carbons (Fsp3) is 0.190. The van der Waals surface area contributed by atoms with Crippen LogP contribution in [0.5, 0.6) is 0 Å². The Labute approximate surface area is 178 Å². The standard InChI is InChI=1S/C20H19N5O3S.CH2O/c26-19-6-3-14-12-15(4-5-16(14)23-19)29(27,28)25-13-18(24-10-8-21-9-11-24)20-17(25)2-1-7-22-20;1-2/h1-7,12-13,21H,8-11H2,(H,23,26);1H2. The van der Waals surface area contributed by atoms with Crippen LogP contribution >= 0.6 is 0 Å². The van der Waals surface area contributed by atoms with Crippen LogP contribution in [-0.4, -0.2) is 55.3 Å². The Morgan fingerprint density at radius 2 is 1.81 bits per heavy atom. The number of fused-ring (bicyclic) bond motifs is 2. The van der Waals surface area contributed by atoms with Crippen LogP contribution in [0.3, 0.4) is 0 Å². The number of benzene rings is 1. The summed E-state index contributed by atoms with van der Waals surface area (Å²) in [6.07, 6.45) is 3.34. The summed E-state index contributed by atoms with van der Waals surface area (Å²) in [6.45, 7) is 5.27. The van der Waals surface area contributed by atoms with E-state index >= 15 is 0 Å². The third-order valence-corrected chi connectivity index (χ3v) is 6.89. The summed E-state index contributed by atoms with van der Waals surface area (Å²) in [5, 5.41) is 3.96. The van der Waals surface area contributed by atoms with Crippen molar-refractivity contribution in [2.75, 3.05) is 31.1 Å². The lowest BCUT2D eigenvalue weighted by atomic mass is 10.2. The maximum atomic E-state index is 13.5. The molecule has 2 N–H and O–H groups in total. The number of carbonyl (C=O) groups is 1. The van der Waals surface area contributed by atoms with Crippen molar-refractivity contribution in [1.29, 1.82) is 0 Å². The van der Waals surface area contributed by atoms with Gasteiger partial charge in [-0.25, -0.2) is 12.4 Å². The lowest BCUT2D eigenvalue weighted by Gasteiger charge is -2.28. The van der Waals surface area contributed by atoms with Crippen molar-refractivity contribution >= 4 is 44.4 Å². The molecule has 0 spiro atoms. The van der Waals surface area contributed by atoms with E-state index in [1.165, 1.54) is 16.1 Å². The third kappa shape index (κ3) is 3.71. The third-order valence-electron chi connectivity index (χ3n) is 5.22. The topological polar surface area (TPSA) is 117 Å². The van der Waals surface area contributed by atoms with Crippen molar-refractivity contribution in [2.45, 2.75) is 4.90 Å². The van der Waals surface area contributed by atoms with Crippen LogP contribution in [0.4, 0.5) is 5.69 Å². The highest BCUT2D eigenvalue weighted by Crippen LogP contribution is 2.31. The number of nitrogens with one attached hydrogen (secondary N) is 2. The Bertz CT molecular complexity index is 1400. The molecule has 0 aliphatic carbocycles. The number of aromatic amines is 1. The lowest BCUT2D eigenvalue weighted by Crippen LogP contribution is -2.43. The highest BCUT2D eigenvalue weighted by Gasteiger charge is 2.25. The van der Waals surface area contributed by atoms with Gasteiger partial charge in [-0.05, 0) is 41.8 Å². The second kappa shape index (κ2) is 8.32. The van der Waals surface area contributed by atoms with Crippen molar-refractivity contribution < 1.29 is 13.2 Å². The zero-order valence-corrected chi connectivity index (χ0v) is 17.4. The smallest absolute Gasteiger partial charge is 0.268 e. The molecule has 10 heteroatoms. The summed E-state index contributed by atoms with van der Waals surface area (Å²) in [5.41, 5.74) is 2.40. The minimum absolute atomic E-state index is 0.157. The Kier molecular flexibility index (Phi) is 5.57. The molecule has 0 unspecified atom stereocenters. The molecule has 31 heavy (non-hydrogen) atoms. The maximum Gasteiger partial charge on any atom is 0.268 e. The van der Waals surface area contributed by atoms with E-state index in [0.29, 0.717) is 21.9 Å². The first kappa shape index (κ1) is 20.8. The SMILES string of the molecule is C=O.O=c1ccc2cc(S(=O)(=O)n3cc(N4CCNCC4)c4ncccc43)ccc2[nH]1. The summed E-state index contributed by atoms with van der Waals surface area (Å²) < 4.78 is 28.3. The van der Waals surface area contributed by atoms with E-state index in [4.69, 9.17) is 4.79 Å². The molecule has 1 aliphatic heterocycles. The average Bonchev–Trinajstić information content (AvgIpc) is 3.21. The Morgan fingerprint density at radius 1 is 1.03 bits per heavy atom. The van der Waals surface area contributed by atoms with E-state index in [1.807, 2.05) is 6.79 Å². The first-order chi connectivity index (χ1) is 15.0. The van der Waals surface area contributed by atoms with Gasteiger partial charge in [-0.1, -0.05) is 0 Å². The number of pyridine rings is 2. The van der Waals surface area contributed by atoms with Crippen LogP contribution in [0, 0.1) is 0 Å². The number of nitrogens with zero attached hydrogens (tertiary/aromatic N) is 3. The van der Waals surface area contributed by atoms with Gasteiger partial charge in [-0.15, -0.1) is 0 Å². The molecule has 1 aliphatic rings. The van der Waals surface area contributed by atoms with Crippen molar-refractivity contribution in [3.8, 4) is 0 Å². The minimum atomic E-state index is -3.84. The first-order valence-electron chi connectivity index (χ1n) is 9.63. The number of hydrogen-bond donors (Lipinski definition) is 2. The van der Waals surface area contributed by atoms with Crippen molar-refractivity contribution in [1.82, 2.24) is 19.3 Å². The number of aromatic nitrogens is 3. The summed E-state index contributed by atoms with van der Waals surface area (Å²) in [4.78, 5) is 29.0. The van der Waals surface area contributed by atoms with Crippen molar-refractivity contribution in [3.05, 3.63) is 65.2 Å². The molecule has 1 saturated heterocycles. The molecule has 160 valence electrons. The van der Waals surface area contributed by atoms with Crippen LogP contribution in [0.1, 0.15) is 0 Å². The molecule has 1 fully saturated rings. The Morgan fingerprint density at radius 3 is 2.58 bits per heavy atom. The molecule has 4 aromatic rings. The number of rotatable bonds is 3. The zero-order chi connectivity index (χ0) is 22.0. The molecule has 3 aromatic heterocycles. The Balaban J connectivity index is 0.00000112. The molecule has 5 rings (SSSR count). The van der Waals surface area contributed by atoms with Gasteiger partial charge in [0, 0.05) is 50.2 Å². The largest absolute Gasteiger partial charge is 0.366 e. The predicted molar refractivity (Wildman–Crippen MR) is 119 cm³/mol. The van der Waals surface area contributed by atoms with Gasteiger partial charge in [0.1, 0.15) is 12.3 Å². The summed E-state index contributed by atoms with van der Waals surface area (Å²) in [6, 6.07) is 11.2. The second-order valence-corrected chi connectivity index (χ2v) is 8.81. The molecule has 0 amide bonds. The van der Waals surface area contributed by atoms with Crippen LogP contribution in [-0.2, 0) is 14.8 Å². The Hall–Kier alpha value is -3.50. The minimum Gasteiger partial charge on any atom is -0.366 e. The van der Waals surface area contributed by atoms with Gasteiger partial charge in [-0.2, -0.15) is 0 Å². The second-order valence-electron chi connectivity index (χ2n) is 7.00. The normalized spacial score (nSPS) is 14.4. The molecule has 0 radical (unpaired) electrons. The lowest BCUT2D eigenvalue weighted by molar-refractivity contribution is -0.0979. The average molecular weight is 439 g/mol. The van der Waals surface area contributed by atoms with E-state index in [2.05, 4.69) is 20.2 Å². The van der Waals surface area contributed by atoms with E-state index in [1.54, 1.807) is 42.7 Å². The number of H-pyrrole nitrogens is 1. The van der Waals surface area contributed by atoms with Gasteiger partial charge in [0.05, 0.1) is 16.1 Å². The molecule has 9 nitrogen and oxygen atoms in total. The van der Waals surface area contributed by atoms with Gasteiger partial charge >= 0.3 is 0 Å². The summed E-state index contributed by atoms with van der Waals surface area (Å²) >= 11 is 0. The van der Waals surface area contributed by atoms with Crippen LogP contribution < -0.4 is 15.8 Å². The number of piperazine rings is 1. The van der Waals surface area contributed by atoms with Crippen molar-refractivity contribution in [2.24, 2.45) is 0 Å². The molecule has 0 atom stereocenters. The zero-order valence-electron chi connectivity index (χ0n) is 16.6. The van der Waals surface area contributed by atoms with Crippen molar-refractivity contribution in [3.63, 3.8) is 0 Å². The molecule has 0 saturated carbocycles. The van der Waals surface area contributed by atoms with Crippen LogP contribution in [0.2, 0.25) is 0 Å². The van der Waals surface area contributed by atoms with Gasteiger partial charge in [0.15, 0.2) is 0 Å². The molecular formula is C21H21N5O4S.